The minimum atomic E-state index is -4.20. The average Bonchev–Trinajstić information content (AvgIpc) is 2.26. The van der Waals surface area contributed by atoms with Crippen LogP contribution in [0.3, 0.4) is 0 Å². The smallest absolute Gasteiger partial charge is 0.325 e. The van der Waals surface area contributed by atoms with E-state index in [1.807, 2.05) is 0 Å². The summed E-state index contributed by atoms with van der Waals surface area (Å²) in [6.45, 7) is -0.201. The molecule has 0 radical (unpaired) electrons. The SMILES string of the molecule is Cl.NCC(=O)Nc1ccccc1CCC(F)(F)F. The van der Waals surface area contributed by atoms with Gasteiger partial charge in [-0.2, -0.15) is 13.2 Å². The van der Waals surface area contributed by atoms with E-state index in [-0.39, 0.29) is 25.4 Å². The fourth-order valence-electron chi connectivity index (χ4n) is 1.34. The van der Waals surface area contributed by atoms with Crippen LogP contribution in [0.25, 0.3) is 0 Å². The minimum Gasteiger partial charge on any atom is -0.325 e. The van der Waals surface area contributed by atoms with E-state index in [1.165, 1.54) is 0 Å². The highest BCUT2D eigenvalue weighted by atomic mass is 35.5. The zero-order valence-electron chi connectivity index (χ0n) is 9.46. The molecule has 0 saturated heterocycles. The Morgan fingerprint density at radius 2 is 1.89 bits per heavy atom. The van der Waals surface area contributed by atoms with Gasteiger partial charge in [-0.1, -0.05) is 18.2 Å². The van der Waals surface area contributed by atoms with Gasteiger partial charge < -0.3 is 11.1 Å². The van der Waals surface area contributed by atoms with Crippen LogP contribution in [0, 0.1) is 0 Å². The number of carbonyl (C=O) groups is 1. The lowest BCUT2D eigenvalue weighted by molar-refractivity contribution is -0.133. The topological polar surface area (TPSA) is 55.1 Å². The van der Waals surface area contributed by atoms with Gasteiger partial charge in [0.2, 0.25) is 5.91 Å². The Bertz CT molecular complexity index is 396. The van der Waals surface area contributed by atoms with Gasteiger partial charge in [0.05, 0.1) is 6.54 Å². The van der Waals surface area contributed by atoms with Crippen molar-refractivity contribution in [1.82, 2.24) is 0 Å². The van der Waals surface area contributed by atoms with Gasteiger partial charge in [0.25, 0.3) is 0 Å². The van der Waals surface area contributed by atoms with E-state index in [0.717, 1.165) is 0 Å². The molecule has 3 nitrogen and oxygen atoms in total. The van der Waals surface area contributed by atoms with Crippen molar-refractivity contribution in [2.24, 2.45) is 5.73 Å². The molecule has 3 N–H and O–H groups in total. The van der Waals surface area contributed by atoms with Crippen molar-refractivity contribution in [3.8, 4) is 0 Å². The molecule has 0 aliphatic carbocycles. The van der Waals surface area contributed by atoms with E-state index < -0.39 is 18.5 Å². The van der Waals surface area contributed by atoms with E-state index in [4.69, 9.17) is 5.73 Å². The maximum Gasteiger partial charge on any atom is 0.389 e. The first-order valence-electron chi connectivity index (χ1n) is 5.07. The van der Waals surface area contributed by atoms with E-state index in [9.17, 15) is 18.0 Å². The first-order chi connectivity index (χ1) is 7.92. The van der Waals surface area contributed by atoms with Crippen molar-refractivity contribution in [3.05, 3.63) is 29.8 Å². The molecule has 18 heavy (non-hydrogen) atoms. The first kappa shape index (κ1) is 16.7. The number of hydrogen-bond donors (Lipinski definition) is 2. The predicted molar refractivity (Wildman–Crippen MR) is 65.8 cm³/mol. The lowest BCUT2D eigenvalue weighted by atomic mass is 10.1. The third-order valence-corrected chi connectivity index (χ3v) is 2.15. The Hall–Kier alpha value is -1.27. The second-order valence-corrected chi connectivity index (χ2v) is 3.52. The fraction of sp³-hybridized carbons (Fsp3) is 0.364. The van der Waals surface area contributed by atoms with E-state index >= 15 is 0 Å². The molecule has 102 valence electrons. The van der Waals surface area contributed by atoms with Crippen LogP contribution in [0.2, 0.25) is 0 Å². The number of aryl methyl sites for hydroxylation is 1. The number of hydrogen-bond acceptors (Lipinski definition) is 2. The van der Waals surface area contributed by atoms with Gasteiger partial charge in [-0.15, -0.1) is 12.4 Å². The molecule has 1 aromatic carbocycles. The molecule has 0 spiro atoms. The van der Waals surface area contributed by atoms with Crippen LogP contribution >= 0.6 is 12.4 Å². The number of anilines is 1. The Labute approximate surface area is 109 Å². The standard InChI is InChI=1S/C11H13F3N2O.ClH/c12-11(13,14)6-5-8-3-1-2-4-9(8)16-10(17)7-15;/h1-4H,5-7,15H2,(H,16,17);1H. The van der Waals surface area contributed by atoms with Crippen molar-refractivity contribution < 1.29 is 18.0 Å². The molecular formula is C11H14ClF3N2O. The number of amides is 1. The van der Waals surface area contributed by atoms with Gasteiger partial charge in [-0.05, 0) is 18.1 Å². The van der Waals surface area contributed by atoms with Crippen LogP contribution in [0.4, 0.5) is 18.9 Å². The summed E-state index contributed by atoms with van der Waals surface area (Å²) in [5, 5.41) is 2.47. The molecule has 0 aromatic heterocycles. The number of nitrogens with two attached hydrogens (primary N) is 1. The van der Waals surface area contributed by atoms with Crippen LogP contribution < -0.4 is 11.1 Å². The molecule has 0 bridgehead atoms. The number of carbonyl (C=O) groups excluding carboxylic acids is 1. The van der Waals surface area contributed by atoms with Gasteiger partial charge >= 0.3 is 6.18 Å². The van der Waals surface area contributed by atoms with Crippen LogP contribution in [-0.4, -0.2) is 18.6 Å². The lowest BCUT2D eigenvalue weighted by Crippen LogP contribution is -2.22. The van der Waals surface area contributed by atoms with Crippen LogP contribution in [0.15, 0.2) is 24.3 Å². The zero-order valence-corrected chi connectivity index (χ0v) is 10.3. The summed E-state index contributed by atoms with van der Waals surface area (Å²) >= 11 is 0. The first-order valence-corrected chi connectivity index (χ1v) is 5.07. The predicted octanol–water partition coefficient (Wildman–Crippen LogP) is 2.50. The normalized spacial score (nSPS) is 10.7. The van der Waals surface area contributed by atoms with Crippen LogP contribution in [0.5, 0.6) is 0 Å². The molecule has 0 fully saturated rings. The monoisotopic (exact) mass is 282 g/mol. The number of halogens is 4. The maximum absolute atomic E-state index is 12.1. The summed E-state index contributed by atoms with van der Waals surface area (Å²) in [5.74, 6) is -0.426. The molecule has 1 rings (SSSR count). The summed E-state index contributed by atoms with van der Waals surface area (Å²) in [6.07, 6.45) is -5.28. The Balaban J connectivity index is 0.00000289. The largest absolute Gasteiger partial charge is 0.389 e. The van der Waals surface area contributed by atoms with Crippen LogP contribution in [-0.2, 0) is 11.2 Å². The average molecular weight is 283 g/mol. The number of nitrogens with one attached hydrogen (secondary N) is 1. The molecule has 1 aromatic rings. The molecule has 0 aliphatic rings. The second-order valence-electron chi connectivity index (χ2n) is 3.52. The van der Waals surface area contributed by atoms with E-state index in [2.05, 4.69) is 5.32 Å². The molecular weight excluding hydrogens is 269 g/mol. The molecule has 0 unspecified atom stereocenters. The highest BCUT2D eigenvalue weighted by Crippen LogP contribution is 2.25. The molecule has 7 heteroatoms. The van der Waals surface area contributed by atoms with Crippen LogP contribution in [0.1, 0.15) is 12.0 Å². The third kappa shape index (κ3) is 5.88. The second kappa shape index (κ2) is 7.23. The van der Waals surface area contributed by atoms with Gasteiger partial charge in [-0.3, -0.25) is 4.79 Å². The molecule has 1 amide bonds. The Morgan fingerprint density at radius 1 is 1.28 bits per heavy atom. The number of para-hydroxylation sites is 1. The van der Waals surface area contributed by atoms with Gasteiger partial charge in [0.1, 0.15) is 0 Å². The summed E-state index contributed by atoms with van der Waals surface area (Å²) in [4.78, 5) is 11.1. The van der Waals surface area contributed by atoms with Gasteiger partial charge in [0.15, 0.2) is 0 Å². The molecule has 0 atom stereocenters. The molecule has 0 heterocycles. The van der Waals surface area contributed by atoms with Gasteiger partial charge in [-0.25, -0.2) is 0 Å². The number of benzene rings is 1. The highest BCUT2D eigenvalue weighted by molar-refractivity contribution is 5.92. The Kier molecular flexibility index (Phi) is 6.72. The number of alkyl halides is 3. The summed E-state index contributed by atoms with van der Waals surface area (Å²) in [6, 6.07) is 6.38. The summed E-state index contributed by atoms with van der Waals surface area (Å²) < 4.78 is 36.3. The minimum absolute atomic E-state index is 0. The summed E-state index contributed by atoms with van der Waals surface area (Å²) in [5.41, 5.74) is 5.95. The van der Waals surface area contributed by atoms with Gasteiger partial charge in [0, 0.05) is 12.1 Å². The lowest BCUT2D eigenvalue weighted by Gasteiger charge is -2.11. The fourth-order valence-corrected chi connectivity index (χ4v) is 1.34. The number of rotatable bonds is 4. The van der Waals surface area contributed by atoms with Crippen molar-refractivity contribution in [2.75, 3.05) is 11.9 Å². The van der Waals surface area contributed by atoms with Crippen molar-refractivity contribution >= 4 is 24.0 Å². The third-order valence-electron chi connectivity index (χ3n) is 2.15. The maximum atomic E-state index is 12.1. The van der Waals surface area contributed by atoms with E-state index in [0.29, 0.717) is 11.3 Å². The highest BCUT2D eigenvalue weighted by Gasteiger charge is 2.26. The Morgan fingerprint density at radius 3 is 2.44 bits per heavy atom. The quantitative estimate of drug-likeness (QED) is 0.891. The zero-order chi connectivity index (χ0) is 12.9. The van der Waals surface area contributed by atoms with Crippen molar-refractivity contribution in [1.29, 1.82) is 0 Å². The summed E-state index contributed by atoms with van der Waals surface area (Å²) in [7, 11) is 0. The molecule has 0 aliphatic heterocycles. The van der Waals surface area contributed by atoms with Crippen molar-refractivity contribution in [2.45, 2.75) is 19.0 Å². The van der Waals surface area contributed by atoms with Crippen molar-refractivity contribution in [3.63, 3.8) is 0 Å². The molecule has 0 saturated carbocycles. The van der Waals surface area contributed by atoms with E-state index in [1.54, 1.807) is 24.3 Å².